The van der Waals surface area contributed by atoms with E-state index in [2.05, 4.69) is 20.8 Å². The molecule has 4 nitrogen and oxygen atoms in total. The first-order valence-corrected chi connectivity index (χ1v) is 7.44. The fourth-order valence-electron chi connectivity index (χ4n) is 3.12. The van der Waals surface area contributed by atoms with Gasteiger partial charge in [0.25, 0.3) is 0 Å². The monoisotopic (exact) mass is 302 g/mol. The molecular formula is C12H19BrN2O2. The van der Waals surface area contributed by atoms with Gasteiger partial charge in [0.2, 0.25) is 5.91 Å². The molecule has 3 fully saturated rings. The topological polar surface area (TPSA) is 32.8 Å². The number of ether oxygens (including phenoxy) is 1. The molecule has 0 spiro atoms. The van der Waals surface area contributed by atoms with Crippen LogP contribution < -0.4 is 0 Å². The Hall–Kier alpha value is -0.130. The van der Waals surface area contributed by atoms with Crippen molar-refractivity contribution in [3.05, 3.63) is 0 Å². The van der Waals surface area contributed by atoms with Gasteiger partial charge >= 0.3 is 0 Å². The molecule has 17 heavy (non-hydrogen) atoms. The van der Waals surface area contributed by atoms with Crippen LogP contribution in [-0.2, 0) is 9.53 Å². The molecule has 3 aliphatic rings. The predicted molar refractivity (Wildman–Crippen MR) is 68.2 cm³/mol. The molecule has 0 aliphatic carbocycles. The van der Waals surface area contributed by atoms with Crippen molar-refractivity contribution in [1.82, 2.24) is 9.80 Å². The van der Waals surface area contributed by atoms with Gasteiger partial charge in [0.15, 0.2) is 0 Å². The van der Waals surface area contributed by atoms with Crippen LogP contribution in [0.2, 0.25) is 0 Å². The highest BCUT2D eigenvalue weighted by Gasteiger charge is 2.36. The standard InChI is InChI=1S/C12H19BrN2O2/c13-11-3-5-15(12(11)16)7-10-6-14-4-1-2-9(14)8-17-10/h9-11H,1-8H2. The summed E-state index contributed by atoms with van der Waals surface area (Å²) in [5.41, 5.74) is 0. The number of alkyl halides is 1. The van der Waals surface area contributed by atoms with Gasteiger partial charge in [0.05, 0.1) is 17.5 Å². The predicted octanol–water partition coefficient (Wildman–Crippen LogP) is 0.845. The molecule has 5 heteroatoms. The third-order valence-electron chi connectivity index (χ3n) is 4.12. The highest BCUT2D eigenvalue weighted by molar-refractivity contribution is 9.10. The Balaban J connectivity index is 1.54. The van der Waals surface area contributed by atoms with Gasteiger partial charge in [0.1, 0.15) is 0 Å². The molecule has 1 amide bonds. The van der Waals surface area contributed by atoms with Crippen LogP contribution in [0.25, 0.3) is 0 Å². The number of fused-ring (bicyclic) bond motifs is 1. The fourth-order valence-corrected chi connectivity index (χ4v) is 3.62. The summed E-state index contributed by atoms with van der Waals surface area (Å²) in [7, 11) is 0. The quantitative estimate of drug-likeness (QED) is 0.709. The Morgan fingerprint density at radius 1 is 1.35 bits per heavy atom. The van der Waals surface area contributed by atoms with Gasteiger partial charge in [0, 0.05) is 25.7 Å². The number of nitrogens with zero attached hydrogens (tertiary/aromatic N) is 2. The Kier molecular flexibility index (Phi) is 3.41. The third kappa shape index (κ3) is 2.37. The number of hydrogen-bond acceptors (Lipinski definition) is 3. The average Bonchev–Trinajstić information content (AvgIpc) is 2.90. The van der Waals surface area contributed by atoms with Crippen molar-refractivity contribution < 1.29 is 9.53 Å². The molecule has 3 unspecified atom stereocenters. The minimum absolute atomic E-state index is 0.0330. The van der Waals surface area contributed by atoms with Crippen LogP contribution in [0.5, 0.6) is 0 Å². The molecule has 3 atom stereocenters. The maximum Gasteiger partial charge on any atom is 0.236 e. The van der Waals surface area contributed by atoms with Gasteiger partial charge < -0.3 is 9.64 Å². The Labute approximate surface area is 110 Å². The molecule has 3 saturated heterocycles. The van der Waals surface area contributed by atoms with Crippen LogP contribution in [0.4, 0.5) is 0 Å². The van der Waals surface area contributed by atoms with Crippen molar-refractivity contribution >= 4 is 21.8 Å². The lowest BCUT2D eigenvalue weighted by Gasteiger charge is -2.36. The zero-order valence-corrected chi connectivity index (χ0v) is 11.6. The van der Waals surface area contributed by atoms with Crippen molar-refractivity contribution in [2.45, 2.75) is 36.2 Å². The normalized spacial score (nSPS) is 38.8. The zero-order chi connectivity index (χ0) is 11.8. The summed E-state index contributed by atoms with van der Waals surface area (Å²) in [6.07, 6.45) is 3.72. The molecular weight excluding hydrogens is 284 g/mol. The van der Waals surface area contributed by atoms with Crippen LogP contribution in [-0.4, -0.2) is 65.5 Å². The second kappa shape index (κ2) is 4.86. The first-order chi connectivity index (χ1) is 8.24. The molecule has 0 N–H and O–H groups in total. The number of carbonyl (C=O) groups excluding carboxylic acids is 1. The fraction of sp³-hybridized carbons (Fsp3) is 0.917. The Bertz CT molecular complexity index is 313. The molecule has 0 aromatic rings. The summed E-state index contributed by atoms with van der Waals surface area (Å²) in [6.45, 7) is 4.70. The number of amides is 1. The summed E-state index contributed by atoms with van der Waals surface area (Å²) < 4.78 is 5.89. The lowest BCUT2D eigenvalue weighted by atomic mass is 10.2. The lowest BCUT2D eigenvalue weighted by Crippen LogP contribution is -2.50. The van der Waals surface area contributed by atoms with E-state index in [0.29, 0.717) is 6.04 Å². The third-order valence-corrected chi connectivity index (χ3v) is 4.97. The van der Waals surface area contributed by atoms with E-state index in [9.17, 15) is 4.79 Å². The lowest BCUT2D eigenvalue weighted by molar-refractivity contribution is -0.130. The molecule has 0 aromatic carbocycles. The molecule has 96 valence electrons. The van der Waals surface area contributed by atoms with Gasteiger partial charge in [-0.3, -0.25) is 9.69 Å². The van der Waals surface area contributed by atoms with E-state index in [0.717, 1.165) is 32.7 Å². The van der Waals surface area contributed by atoms with E-state index < -0.39 is 0 Å². The van der Waals surface area contributed by atoms with E-state index in [1.165, 1.54) is 19.4 Å². The number of likely N-dealkylation sites (tertiary alicyclic amines) is 1. The maximum absolute atomic E-state index is 11.8. The Morgan fingerprint density at radius 3 is 3.00 bits per heavy atom. The summed E-state index contributed by atoms with van der Waals surface area (Å²) in [4.78, 5) is 16.3. The summed E-state index contributed by atoms with van der Waals surface area (Å²) in [5.74, 6) is 0.233. The smallest absolute Gasteiger partial charge is 0.236 e. The summed E-state index contributed by atoms with van der Waals surface area (Å²) >= 11 is 3.41. The minimum atomic E-state index is 0.0330. The maximum atomic E-state index is 11.8. The van der Waals surface area contributed by atoms with Crippen LogP contribution >= 0.6 is 15.9 Å². The first kappa shape index (κ1) is 11.9. The van der Waals surface area contributed by atoms with Crippen molar-refractivity contribution in [1.29, 1.82) is 0 Å². The van der Waals surface area contributed by atoms with E-state index in [1.807, 2.05) is 4.90 Å². The Morgan fingerprint density at radius 2 is 2.24 bits per heavy atom. The largest absolute Gasteiger partial charge is 0.373 e. The van der Waals surface area contributed by atoms with Crippen molar-refractivity contribution in [3.63, 3.8) is 0 Å². The van der Waals surface area contributed by atoms with Gasteiger partial charge in [-0.2, -0.15) is 0 Å². The molecule has 0 saturated carbocycles. The zero-order valence-electron chi connectivity index (χ0n) is 9.98. The van der Waals surface area contributed by atoms with Crippen molar-refractivity contribution in [2.75, 3.05) is 32.8 Å². The number of morpholine rings is 1. The van der Waals surface area contributed by atoms with Crippen LogP contribution in [0.3, 0.4) is 0 Å². The molecule has 0 radical (unpaired) electrons. The number of rotatable bonds is 2. The van der Waals surface area contributed by atoms with Gasteiger partial charge in [-0.25, -0.2) is 0 Å². The molecule has 0 bridgehead atoms. The molecule has 3 heterocycles. The van der Waals surface area contributed by atoms with Gasteiger partial charge in [-0.1, -0.05) is 15.9 Å². The van der Waals surface area contributed by atoms with E-state index >= 15 is 0 Å². The van der Waals surface area contributed by atoms with Crippen LogP contribution in [0, 0.1) is 0 Å². The highest BCUT2D eigenvalue weighted by Crippen LogP contribution is 2.24. The number of hydrogen-bond donors (Lipinski definition) is 0. The van der Waals surface area contributed by atoms with E-state index in [-0.39, 0.29) is 16.8 Å². The first-order valence-electron chi connectivity index (χ1n) is 6.52. The van der Waals surface area contributed by atoms with E-state index in [4.69, 9.17) is 4.74 Å². The molecule has 3 rings (SSSR count). The number of carbonyl (C=O) groups is 1. The van der Waals surface area contributed by atoms with E-state index in [1.54, 1.807) is 0 Å². The van der Waals surface area contributed by atoms with Crippen molar-refractivity contribution in [3.8, 4) is 0 Å². The second-order valence-corrected chi connectivity index (χ2v) is 6.39. The average molecular weight is 303 g/mol. The summed E-state index contributed by atoms with van der Waals surface area (Å²) in [5, 5.41) is 0. The molecule has 0 aromatic heterocycles. The van der Waals surface area contributed by atoms with Gasteiger partial charge in [-0.15, -0.1) is 0 Å². The SMILES string of the molecule is O=C1C(Br)CCN1CC1CN2CCCC2CO1. The van der Waals surface area contributed by atoms with Crippen LogP contribution in [0.15, 0.2) is 0 Å². The summed E-state index contributed by atoms with van der Waals surface area (Å²) in [6, 6.07) is 0.643. The minimum Gasteiger partial charge on any atom is -0.373 e. The van der Waals surface area contributed by atoms with Crippen molar-refractivity contribution in [2.24, 2.45) is 0 Å². The highest BCUT2D eigenvalue weighted by atomic mass is 79.9. The second-order valence-electron chi connectivity index (χ2n) is 5.29. The van der Waals surface area contributed by atoms with Gasteiger partial charge in [-0.05, 0) is 25.8 Å². The molecule has 3 aliphatic heterocycles. The van der Waals surface area contributed by atoms with Crippen LogP contribution in [0.1, 0.15) is 19.3 Å². The number of halogens is 1.